The lowest BCUT2D eigenvalue weighted by atomic mass is 9.71. The predicted octanol–water partition coefficient (Wildman–Crippen LogP) is 2.98. The van der Waals surface area contributed by atoms with Crippen molar-refractivity contribution in [1.82, 2.24) is 0 Å². The molecule has 0 aromatic rings. The summed E-state index contributed by atoms with van der Waals surface area (Å²) in [6.07, 6.45) is 3.17. The first-order valence-electron chi connectivity index (χ1n) is 5.56. The van der Waals surface area contributed by atoms with Gasteiger partial charge in [-0.25, -0.2) is 0 Å². The molecule has 1 atom stereocenters. The Morgan fingerprint density at radius 3 is 2.75 bits per heavy atom. The summed E-state index contributed by atoms with van der Waals surface area (Å²) >= 11 is 3.24. The molecule has 0 aromatic heterocycles. The van der Waals surface area contributed by atoms with Crippen LogP contribution in [0.3, 0.4) is 0 Å². The molecule has 4 heteroatoms. The number of halogens is 1. The van der Waals surface area contributed by atoms with Crippen LogP contribution in [0, 0.1) is 5.41 Å². The number of allylic oxidation sites excluding steroid dienone is 1. The molecule has 0 aromatic carbocycles. The van der Waals surface area contributed by atoms with E-state index in [4.69, 9.17) is 4.74 Å². The minimum atomic E-state index is -0.977. The molecule has 1 aliphatic carbocycles. The summed E-state index contributed by atoms with van der Waals surface area (Å²) in [5.74, 6) is -0.391. The molecule has 0 radical (unpaired) electrons. The Morgan fingerprint density at radius 2 is 2.25 bits per heavy atom. The lowest BCUT2D eigenvalue weighted by Crippen LogP contribution is -2.43. The van der Waals surface area contributed by atoms with Crippen LogP contribution in [0.25, 0.3) is 0 Å². The van der Waals surface area contributed by atoms with E-state index in [1.54, 1.807) is 6.92 Å². The molecule has 0 heterocycles. The van der Waals surface area contributed by atoms with E-state index < -0.39 is 5.41 Å². The largest absolute Gasteiger partial charge is 0.465 e. The lowest BCUT2D eigenvalue weighted by molar-refractivity contribution is -0.162. The Bertz CT molecular complexity index is 311. The summed E-state index contributed by atoms with van der Waals surface area (Å²) in [4.78, 5) is 24.0. The molecule has 1 saturated carbocycles. The maximum atomic E-state index is 12.0. The highest BCUT2D eigenvalue weighted by Gasteiger charge is 2.47. The van der Waals surface area contributed by atoms with Gasteiger partial charge < -0.3 is 4.74 Å². The SMILES string of the molecule is C=C(Br)CC1(C(=O)OCC)CCCCC1=O. The molecular formula is C12H17BrO3. The molecule has 1 unspecified atom stereocenters. The van der Waals surface area contributed by atoms with Crippen LogP contribution in [-0.2, 0) is 14.3 Å². The molecule has 0 N–H and O–H groups in total. The molecule has 90 valence electrons. The Labute approximate surface area is 104 Å². The van der Waals surface area contributed by atoms with E-state index in [-0.39, 0.29) is 11.8 Å². The number of esters is 1. The van der Waals surface area contributed by atoms with Gasteiger partial charge in [-0.2, -0.15) is 0 Å². The third-order valence-electron chi connectivity index (χ3n) is 2.95. The zero-order chi connectivity index (χ0) is 12.2. The van der Waals surface area contributed by atoms with Gasteiger partial charge in [0.2, 0.25) is 0 Å². The Balaban J connectivity index is 2.94. The number of ether oxygens (including phenoxy) is 1. The van der Waals surface area contributed by atoms with Crippen LogP contribution in [0.5, 0.6) is 0 Å². The summed E-state index contributed by atoms with van der Waals surface area (Å²) in [5, 5.41) is 0. The second-order valence-electron chi connectivity index (χ2n) is 4.13. The van der Waals surface area contributed by atoms with E-state index in [2.05, 4.69) is 22.5 Å². The van der Waals surface area contributed by atoms with Gasteiger partial charge in [0, 0.05) is 12.8 Å². The Hall–Kier alpha value is -0.640. The highest BCUT2D eigenvalue weighted by atomic mass is 79.9. The van der Waals surface area contributed by atoms with Crippen molar-refractivity contribution < 1.29 is 14.3 Å². The van der Waals surface area contributed by atoms with Crippen LogP contribution < -0.4 is 0 Å². The van der Waals surface area contributed by atoms with Gasteiger partial charge in [0.05, 0.1) is 6.61 Å². The van der Waals surface area contributed by atoms with Crippen molar-refractivity contribution in [2.45, 2.75) is 39.0 Å². The van der Waals surface area contributed by atoms with E-state index in [0.29, 0.717) is 30.4 Å². The van der Waals surface area contributed by atoms with Crippen molar-refractivity contribution >= 4 is 27.7 Å². The van der Waals surface area contributed by atoms with Gasteiger partial charge in [-0.05, 0) is 24.2 Å². The predicted molar refractivity (Wildman–Crippen MR) is 65.2 cm³/mol. The second kappa shape index (κ2) is 5.62. The van der Waals surface area contributed by atoms with Crippen LogP contribution in [0.15, 0.2) is 11.1 Å². The van der Waals surface area contributed by atoms with Gasteiger partial charge >= 0.3 is 5.97 Å². The second-order valence-corrected chi connectivity index (χ2v) is 5.25. The van der Waals surface area contributed by atoms with Gasteiger partial charge in [-0.15, -0.1) is 0 Å². The number of rotatable bonds is 4. The van der Waals surface area contributed by atoms with Gasteiger partial charge in [-0.1, -0.05) is 28.9 Å². The fourth-order valence-corrected chi connectivity index (χ4v) is 2.64. The summed E-state index contributed by atoms with van der Waals surface area (Å²) in [5.41, 5.74) is -0.977. The number of carbonyl (C=O) groups excluding carboxylic acids is 2. The van der Waals surface area contributed by atoms with Crippen molar-refractivity contribution in [3.63, 3.8) is 0 Å². The minimum Gasteiger partial charge on any atom is -0.465 e. The summed E-state index contributed by atoms with van der Waals surface area (Å²) in [7, 11) is 0. The van der Waals surface area contributed by atoms with Gasteiger partial charge in [0.15, 0.2) is 5.78 Å². The Morgan fingerprint density at radius 1 is 1.56 bits per heavy atom. The van der Waals surface area contributed by atoms with Crippen LogP contribution >= 0.6 is 15.9 Å². The van der Waals surface area contributed by atoms with Crippen molar-refractivity contribution in [2.75, 3.05) is 6.61 Å². The number of hydrogen-bond acceptors (Lipinski definition) is 3. The molecule has 0 spiro atoms. The first kappa shape index (κ1) is 13.4. The summed E-state index contributed by atoms with van der Waals surface area (Å²) in [6.45, 7) is 5.79. The topological polar surface area (TPSA) is 43.4 Å². The van der Waals surface area contributed by atoms with E-state index in [1.165, 1.54) is 0 Å². The number of Topliss-reactive ketones (excluding diaryl/α,β-unsaturated/α-hetero) is 1. The quantitative estimate of drug-likeness (QED) is 0.590. The smallest absolute Gasteiger partial charge is 0.319 e. The minimum absolute atomic E-state index is 0.00204. The molecule has 1 aliphatic rings. The van der Waals surface area contributed by atoms with Crippen molar-refractivity contribution in [2.24, 2.45) is 5.41 Å². The van der Waals surface area contributed by atoms with Crippen molar-refractivity contribution in [3.05, 3.63) is 11.1 Å². The van der Waals surface area contributed by atoms with Crippen LogP contribution in [0.2, 0.25) is 0 Å². The van der Waals surface area contributed by atoms with E-state index in [0.717, 1.165) is 12.8 Å². The highest BCUT2D eigenvalue weighted by Crippen LogP contribution is 2.40. The molecular weight excluding hydrogens is 272 g/mol. The number of ketones is 1. The summed E-state index contributed by atoms with van der Waals surface area (Å²) < 4.78 is 5.71. The fraction of sp³-hybridized carbons (Fsp3) is 0.667. The molecule has 3 nitrogen and oxygen atoms in total. The van der Waals surface area contributed by atoms with E-state index >= 15 is 0 Å². The third kappa shape index (κ3) is 2.73. The Kier molecular flexibility index (Phi) is 4.71. The first-order valence-corrected chi connectivity index (χ1v) is 6.36. The third-order valence-corrected chi connectivity index (χ3v) is 3.23. The standard InChI is InChI=1S/C12H17BrO3/c1-3-16-11(15)12(8-9(2)13)7-5-4-6-10(12)14/h2-8H2,1H3. The maximum absolute atomic E-state index is 12.0. The fourth-order valence-electron chi connectivity index (χ4n) is 2.16. The lowest BCUT2D eigenvalue weighted by Gasteiger charge is -2.33. The average molecular weight is 289 g/mol. The van der Waals surface area contributed by atoms with Gasteiger partial charge in [0.1, 0.15) is 5.41 Å². The molecule has 0 amide bonds. The van der Waals surface area contributed by atoms with Crippen LogP contribution in [-0.4, -0.2) is 18.4 Å². The first-order chi connectivity index (χ1) is 7.53. The van der Waals surface area contributed by atoms with Gasteiger partial charge in [0.25, 0.3) is 0 Å². The zero-order valence-corrected chi connectivity index (χ0v) is 11.1. The van der Waals surface area contributed by atoms with Gasteiger partial charge in [-0.3, -0.25) is 9.59 Å². The molecule has 16 heavy (non-hydrogen) atoms. The van der Waals surface area contributed by atoms with Crippen molar-refractivity contribution in [3.8, 4) is 0 Å². The highest BCUT2D eigenvalue weighted by molar-refractivity contribution is 9.11. The molecule has 1 fully saturated rings. The monoisotopic (exact) mass is 288 g/mol. The van der Waals surface area contributed by atoms with E-state index in [1.807, 2.05) is 0 Å². The van der Waals surface area contributed by atoms with Crippen molar-refractivity contribution in [1.29, 1.82) is 0 Å². The van der Waals surface area contributed by atoms with E-state index in [9.17, 15) is 9.59 Å². The number of hydrogen-bond donors (Lipinski definition) is 0. The van der Waals surface area contributed by atoms with Crippen LogP contribution in [0.4, 0.5) is 0 Å². The molecule has 0 saturated heterocycles. The molecule has 1 rings (SSSR count). The number of carbonyl (C=O) groups is 2. The maximum Gasteiger partial charge on any atom is 0.319 e. The molecule has 0 aliphatic heterocycles. The summed E-state index contributed by atoms with van der Waals surface area (Å²) in [6, 6.07) is 0. The van der Waals surface area contributed by atoms with Crippen LogP contribution in [0.1, 0.15) is 39.0 Å². The molecule has 0 bridgehead atoms. The zero-order valence-electron chi connectivity index (χ0n) is 9.55. The average Bonchev–Trinajstić information content (AvgIpc) is 2.21. The normalized spacial score (nSPS) is 25.2.